The smallest absolute Gasteiger partial charge is 0.0540 e. The Morgan fingerprint density at radius 1 is 1.07 bits per heavy atom. The van der Waals surface area contributed by atoms with Gasteiger partial charge in [-0.05, 0) is 26.2 Å². The second kappa shape index (κ2) is 8.76. The van der Waals surface area contributed by atoms with Crippen molar-refractivity contribution in [1.29, 1.82) is 0 Å². The molecule has 1 fully saturated rings. The average molecular weight is 194 g/mol. The Bertz CT molecular complexity index is 202. The largest absolute Gasteiger partial charge is 0.393 e. The number of aliphatic hydroxyl groups excluding tert-OH is 1. The van der Waals surface area contributed by atoms with Gasteiger partial charge in [-0.25, -0.2) is 0 Å². The lowest BCUT2D eigenvalue weighted by Crippen LogP contribution is -2.15. The molecule has 0 saturated heterocycles. The maximum Gasteiger partial charge on any atom is 0.0540 e. The van der Waals surface area contributed by atoms with Crippen molar-refractivity contribution in [1.82, 2.24) is 0 Å². The standard InChI is InChI=1S/C7H8.C4H8O.C2H6/c1-7-5-3-2-4-6-7;5-4-2-1-3-4;1-2/h2-6H,1H3;4-5H,1-3H2;1-2H3. The molecule has 0 amide bonds. The predicted molar refractivity (Wildman–Crippen MR) is 62.4 cm³/mol. The highest BCUT2D eigenvalue weighted by Crippen LogP contribution is 2.16. The molecule has 1 aromatic rings. The van der Waals surface area contributed by atoms with Crippen molar-refractivity contribution in [3.63, 3.8) is 0 Å². The van der Waals surface area contributed by atoms with Gasteiger partial charge in [-0.3, -0.25) is 0 Å². The summed E-state index contributed by atoms with van der Waals surface area (Å²) in [5.74, 6) is 0. The van der Waals surface area contributed by atoms with Gasteiger partial charge in [-0.1, -0.05) is 49.7 Å². The summed E-state index contributed by atoms with van der Waals surface area (Å²) in [7, 11) is 0. The van der Waals surface area contributed by atoms with Gasteiger partial charge in [0.05, 0.1) is 6.10 Å². The van der Waals surface area contributed by atoms with Crippen LogP contribution in [0.25, 0.3) is 0 Å². The zero-order valence-corrected chi connectivity index (χ0v) is 9.53. The average Bonchev–Trinajstić information content (AvgIpc) is 2.20. The van der Waals surface area contributed by atoms with E-state index in [2.05, 4.69) is 19.1 Å². The molecule has 0 bridgehead atoms. The van der Waals surface area contributed by atoms with E-state index in [4.69, 9.17) is 5.11 Å². The fourth-order valence-electron chi connectivity index (χ4n) is 0.921. The van der Waals surface area contributed by atoms with E-state index >= 15 is 0 Å². The molecule has 14 heavy (non-hydrogen) atoms. The Balaban J connectivity index is 0.000000213. The summed E-state index contributed by atoms with van der Waals surface area (Å²) in [6, 6.07) is 10.3. The molecule has 1 N–H and O–H groups in total. The summed E-state index contributed by atoms with van der Waals surface area (Å²) >= 11 is 0. The zero-order valence-electron chi connectivity index (χ0n) is 9.53. The van der Waals surface area contributed by atoms with E-state index in [1.54, 1.807) is 0 Å². The van der Waals surface area contributed by atoms with Crippen LogP contribution in [0.3, 0.4) is 0 Å². The van der Waals surface area contributed by atoms with Crippen molar-refractivity contribution in [2.45, 2.75) is 46.1 Å². The highest BCUT2D eigenvalue weighted by Gasteiger charge is 2.11. The van der Waals surface area contributed by atoms with Crippen LogP contribution in [0.1, 0.15) is 38.7 Å². The van der Waals surface area contributed by atoms with Crippen LogP contribution in [0.5, 0.6) is 0 Å². The molecule has 0 spiro atoms. The molecule has 1 saturated carbocycles. The van der Waals surface area contributed by atoms with Gasteiger partial charge in [-0.15, -0.1) is 0 Å². The van der Waals surface area contributed by atoms with E-state index in [0.717, 1.165) is 12.8 Å². The number of hydrogen-bond donors (Lipinski definition) is 1. The summed E-state index contributed by atoms with van der Waals surface area (Å²) in [4.78, 5) is 0. The summed E-state index contributed by atoms with van der Waals surface area (Å²) in [6.07, 6.45) is 3.39. The topological polar surface area (TPSA) is 20.2 Å². The molecule has 0 unspecified atom stereocenters. The van der Waals surface area contributed by atoms with Crippen LogP contribution < -0.4 is 0 Å². The van der Waals surface area contributed by atoms with Crippen LogP contribution in [0.15, 0.2) is 30.3 Å². The van der Waals surface area contributed by atoms with Crippen LogP contribution in [-0.4, -0.2) is 11.2 Å². The van der Waals surface area contributed by atoms with Crippen LogP contribution in [0.4, 0.5) is 0 Å². The van der Waals surface area contributed by atoms with Crippen molar-refractivity contribution in [2.24, 2.45) is 0 Å². The first-order valence-corrected chi connectivity index (χ1v) is 5.49. The van der Waals surface area contributed by atoms with Gasteiger partial charge >= 0.3 is 0 Å². The van der Waals surface area contributed by atoms with Crippen molar-refractivity contribution in [3.05, 3.63) is 35.9 Å². The molecule has 0 radical (unpaired) electrons. The summed E-state index contributed by atoms with van der Waals surface area (Å²) in [6.45, 7) is 6.08. The number of aryl methyl sites for hydroxylation is 1. The minimum Gasteiger partial charge on any atom is -0.393 e. The molecule has 0 aromatic heterocycles. The number of rotatable bonds is 0. The fourth-order valence-corrected chi connectivity index (χ4v) is 0.921. The second-order valence-corrected chi connectivity index (χ2v) is 3.24. The highest BCUT2D eigenvalue weighted by molar-refractivity contribution is 5.11. The molecular formula is C13H22O. The summed E-state index contributed by atoms with van der Waals surface area (Å²) in [5.41, 5.74) is 1.32. The minimum absolute atomic E-state index is 0.0648. The molecule has 1 aliphatic rings. The van der Waals surface area contributed by atoms with E-state index in [1.165, 1.54) is 12.0 Å². The maximum absolute atomic E-state index is 8.45. The lowest BCUT2D eigenvalue weighted by Gasteiger charge is -2.17. The third-order valence-corrected chi connectivity index (χ3v) is 2.02. The number of hydrogen-bond acceptors (Lipinski definition) is 1. The predicted octanol–water partition coefficient (Wildman–Crippen LogP) is 3.55. The normalized spacial score (nSPS) is 14.0. The van der Waals surface area contributed by atoms with Crippen molar-refractivity contribution in [3.8, 4) is 0 Å². The zero-order chi connectivity index (χ0) is 10.8. The van der Waals surface area contributed by atoms with E-state index in [9.17, 15) is 0 Å². The molecule has 0 atom stereocenters. The lowest BCUT2D eigenvalue weighted by atomic mass is 9.97. The Kier molecular flexibility index (Phi) is 8.25. The first kappa shape index (κ1) is 13.2. The van der Waals surface area contributed by atoms with Crippen LogP contribution in [0.2, 0.25) is 0 Å². The van der Waals surface area contributed by atoms with Gasteiger partial charge in [0.15, 0.2) is 0 Å². The SMILES string of the molecule is CC.Cc1ccccc1.OC1CCC1. The third-order valence-electron chi connectivity index (χ3n) is 2.02. The molecular weight excluding hydrogens is 172 g/mol. The first-order valence-electron chi connectivity index (χ1n) is 5.49. The van der Waals surface area contributed by atoms with E-state index < -0.39 is 0 Å². The number of benzene rings is 1. The Morgan fingerprint density at radius 2 is 1.50 bits per heavy atom. The van der Waals surface area contributed by atoms with Crippen molar-refractivity contribution in [2.75, 3.05) is 0 Å². The first-order chi connectivity index (χ1) is 6.79. The molecule has 80 valence electrons. The van der Waals surface area contributed by atoms with Gasteiger partial charge in [0.2, 0.25) is 0 Å². The fraction of sp³-hybridized carbons (Fsp3) is 0.538. The van der Waals surface area contributed by atoms with Gasteiger partial charge < -0.3 is 5.11 Å². The molecule has 0 aliphatic heterocycles. The van der Waals surface area contributed by atoms with Gasteiger partial charge in [0.25, 0.3) is 0 Å². The highest BCUT2D eigenvalue weighted by atomic mass is 16.3. The second-order valence-electron chi connectivity index (χ2n) is 3.24. The molecule has 0 heterocycles. The molecule has 1 aromatic carbocycles. The Hall–Kier alpha value is -0.820. The molecule has 1 nitrogen and oxygen atoms in total. The summed E-state index contributed by atoms with van der Waals surface area (Å²) < 4.78 is 0. The van der Waals surface area contributed by atoms with Gasteiger partial charge in [0, 0.05) is 0 Å². The third kappa shape index (κ3) is 6.67. The number of aliphatic hydroxyl groups is 1. The minimum atomic E-state index is 0.0648. The van der Waals surface area contributed by atoms with Crippen LogP contribution in [-0.2, 0) is 0 Å². The molecule has 1 aliphatic carbocycles. The summed E-state index contributed by atoms with van der Waals surface area (Å²) in [5, 5.41) is 8.45. The quantitative estimate of drug-likeness (QED) is 0.669. The monoisotopic (exact) mass is 194 g/mol. The molecule has 2 rings (SSSR count). The van der Waals surface area contributed by atoms with Crippen molar-refractivity contribution < 1.29 is 5.11 Å². The van der Waals surface area contributed by atoms with E-state index in [0.29, 0.717) is 0 Å². The van der Waals surface area contributed by atoms with Crippen molar-refractivity contribution >= 4 is 0 Å². The maximum atomic E-state index is 8.45. The van der Waals surface area contributed by atoms with Gasteiger partial charge in [-0.2, -0.15) is 0 Å². The van der Waals surface area contributed by atoms with Gasteiger partial charge in [0.1, 0.15) is 0 Å². The van der Waals surface area contributed by atoms with Crippen LogP contribution >= 0.6 is 0 Å². The Labute approximate surface area is 87.8 Å². The lowest BCUT2D eigenvalue weighted by molar-refractivity contribution is 0.0950. The van der Waals surface area contributed by atoms with E-state index in [1.807, 2.05) is 32.0 Å². The van der Waals surface area contributed by atoms with Crippen LogP contribution in [0, 0.1) is 6.92 Å². The Morgan fingerprint density at radius 3 is 1.64 bits per heavy atom. The van der Waals surface area contributed by atoms with E-state index in [-0.39, 0.29) is 6.10 Å². The molecule has 1 heteroatoms.